The number of nitrogens with zero attached hydrogens (tertiary/aromatic N) is 1. The van der Waals surface area contributed by atoms with Crippen molar-refractivity contribution in [2.75, 3.05) is 7.11 Å². The zero-order chi connectivity index (χ0) is 16.4. The monoisotopic (exact) mass is 307 g/mol. The van der Waals surface area contributed by atoms with Crippen LogP contribution in [0, 0.1) is 10.1 Å². The number of nitro groups is 1. The molecule has 0 spiro atoms. The molecule has 0 unspecified atom stereocenters. The van der Waals surface area contributed by atoms with Gasteiger partial charge in [-0.1, -0.05) is 36.4 Å². The first kappa shape index (κ1) is 14.7. The lowest BCUT2D eigenvalue weighted by atomic mass is 9.96. The van der Waals surface area contributed by atoms with E-state index >= 15 is 0 Å². The van der Waals surface area contributed by atoms with Crippen molar-refractivity contribution in [2.24, 2.45) is 0 Å². The number of fused-ring (bicyclic) bond motifs is 1. The van der Waals surface area contributed by atoms with Gasteiger partial charge >= 0.3 is 5.97 Å². The molecule has 0 fully saturated rings. The Kier molecular flexibility index (Phi) is 3.76. The molecule has 3 aromatic rings. The van der Waals surface area contributed by atoms with Gasteiger partial charge in [0.2, 0.25) is 0 Å². The third-order valence-corrected chi connectivity index (χ3v) is 3.66. The molecule has 0 aliphatic heterocycles. The van der Waals surface area contributed by atoms with Gasteiger partial charge in [0, 0.05) is 12.1 Å². The molecule has 0 aromatic heterocycles. The molecule has 0 amide bonds. The fourth-order valence-electron chi connectivity index (χ4n) is 2.56. The number of hydrogen-bond acceptors (Lipinski definition) is 4. The van der Waals surface area contributed by atoms with Crippen molar-refractivity contribution in [3.8, 4) is 11.1 Å². The molecule has 0 saturated carbocycles. The zero-order valence-corrected chi connectivity index (χ0v) is 12.4. The number of carbonyl (C=O) groups is 1. The summed E-state index contributed by atoms with van der Waals surface area (Å²) < 4.78 is 4.85. The van der Waals surface area contributed by atoms with Crippen LogP contribution in [0.2, 0.25) is 0 Å². The highest BCUT2D eigenvalue weighted by atomic mass is 16.6. The Morgan fingerprint density at radius 2 is 1.78 bits per heavy atom. The van der Waals surface area contributed by atoms with Crippen molar-refractivity contribution in [1.29, 1.82) is 0 Å². The van der Waals surface area contributed by atoms with Gasteiger partial charge in [-0.3, -0.25) is 10.1 Å². The molecule has 0 N–H and O–H groups in total. The topological polar surface area (TPSA) is 69.4 Å². The molecule has 3 rings (SSSR count). The van der Waals surface area contributed by atoms with Crippen LogP contribution in [-0.2, 0) is 4.74 Å². The Bertz CT molecular complexity index is 918. The standard InChI is InChI=1S/C18H13NO4/c1-23-18(20)17-11-14(9-13-5-2-3-8-16(13)17)12-6-4-7-15(10-12)19(21)22/h2-11H,1H3. The van der Waals surface area contributed by atoms with Crippen molar-refractivity contribution in [2.45, 2.75) is 0 Å². The second-order valence-electron chi connectivity index (χ2n) is 5.04. The molecule has 23 heavy (non-hydrogen) atoms. The molecule has 0 bridgehead atoms. The van der Waals surface area contributed by atoms with Crippen LogP contribution in [0.4, 0.5) is 5.69 Å². The molecule has 114 valence electrons. The SMILES string of the molecule is COC(=O)c1cc(-c2cccc([N+](=O)[O-])c2)cc2ccccc12. The first-order valence-electron chi connectivity index (χ1n) is 6.96. The van der Waals surface area contributed by atoms with Crippen LogP contribution in [0.25, 0.3) is 21.9 Å². The van der Waals surface area contributed by atoms with E-state index in [2.05, 4.69) is 0 Å². The van der Waals surface area contributed by atoms with Gasteiger partial charge in [-0.2, -0.15) is 0 Å². The van der Waals surface area contributed by atoms with Gasteiger partial charge in [-0.15, -0.1) is 0 Å². The molecular formula is C18H13NO4. The molecule has 0 atom stereocenters. The largest absolute Gasteiger partial charge is 0.465 e. The summed E-state index contributed by atoms with van der Waals surface area (Å²) in [5.74, 6) is -0.437. The minimum atomic E-state index is -0.439. The van der Waals surface area contributed by atoms with Crippen LogP contribution < -0.4 is 0 Å². The summed E-state index contributed by atoms with van der Waals surface area (Å²) in [5, 5.41) is 12.6. The number of nitro benzene ring substituents is 1. The van der Waals surface area contributed by atoms with E-state index in [0.29, 0.717) is 11.1 Å². The van der Waals surface area contributed by atoms with Crippen molar-refractivity contribution in [3.05, 3.63) is 76.3 Å². The summed E-state index contributed by atoms with van der Waals surface area (Å²) in [6.07, 6.45) is 0. The van der Waals surface area contributed by atoms with Gasteiger partial charge in [-0.05, 0) is 34.0 Å². The summed E-state index contributed by atoms with van der Waals surface area (Å²) >= 11 is 0. The Hall–Kier alpha value is -3.21. The molecule has 5 heteroatoms. The normalized spacial score (nSPS) is 10.5. The first-order valence-corrected chi connectivity index (χ1v) is 6.96. The molecule has 3 aromatic carbocycles. The van der Waals surface area contributed by atoms with Crippen LogP contribution in [0.15, 0.2) is 60.7 Å². The number of non-ortho nitro benzene ring substituents is 1. The van der Waals surface area contributed by atoms with Crippen molar-refractivity contribution < 1.29 is 14.5 Å². The Morgan fingerprint density at radius 3 is 2.52 bits per heavy atom. The summed E-state index contributed by atoms with van der Waals surface area (Å²) in [6.45, 7) is 0. The number of esters is 1. The lowest BCUT2D eigenvalue weighted by molar-refractivity contribution is -0.384. The first-order chi connectivity index (χ1) is 11.1. The summed E-state index contributed by atoms with van der Waals surface area (Å²) in [6, 6.07) is 17.4. The second-order valence-corrected chi connectivity index (χ2v) is 5.04. The van der Waals surface area contributed by atoms with E-state index in [1.807, 2.05) is 30.3 Å². The van der Waals surface area contributed by atoms with Crippen molar-refractivity contribution in [1.82, 2.24) is 0 Å². The summed E-state index contributed by atoms with van der Waals surface area (Å²) in [5.41, 5.74) is 1.85. The van der Waals surface area contributed by atoms with E-state index in [4.69, 9.17) is 4.74 Å². The van der Waals surface area contributed by atoms with E-state index in [9.17, 15) is 14.9 Å². The van der Waals surface area contributed by atoms with Crippen LogP contribution in [-0.4, -0.2) is 18.0 Å². The van der Waals surface area contributed by atoms with Crippen LogP contribution in [0.5, 0.6) is 0 Å². The predicted octanol–water partition coefficient (Wildman–Crippen LogP) is 4.20. The van der Waals surface area contributed by atoms with E-state index in [-0.39, 0.29) is 5.69 Å². The van der Waals surface area contributed by atoms with Gasteiger partial charge in [0.15, 0.2) is 0 Å². The molecule has 0 aliphatic rings. The Morgan fingerprint density at radius 1 is 1.00 bits per heavy atom. The maximum Gasteiger partial charge on any atom is 0.338 e. The minimum absolute atomic E-state index is 0.00952. The number of carbonyl (C=O) groups excluding carboxylic acids is 1. The van der Waals surface area contributed by atoms with Gasteiger partial charge in [0.25, 0.3) is 5.69 Å². The number of benzene rings is 3. The molecule has 5 nitrogen and oxygen atoms in total. The zero-order valence-electron chi connectivity index (χ0n) is 12.4. The fourth-order valence-corrected chi connectivity index (χ4v) is 2.56. The van der Waals surface area contributed by atoms with Crippen molar-refractivity contribution >= 4 is 22.4 Å². The van der Waals surface area contributed by atoms with Gasteiger partial charge < -0.3 is 4.74 Å². The fraction of sp³-hybridized carbons (Fsp3) is 0.0556. The minimum Gasteiger partial charge on any atom is -0.465 e. The lowest BCUT2D eigenvalue weighted by Crippen LogP contribution is -2.02. The molecule has 0 radical (unpaired) electrons. The third kappa shape index (κ3) is 2.76. The highest BCUT2D eigenvalue weighted by molar-refractivity contribution is 6.06. The van der Waals surface area contributed by atoms with Gasteiger partial charge in [0.1, 0.15) is 0 Å². The molecule has 0 heterocycles. The highest BCUT2D eigenvalue weighted by Gasteiger charge is 2.14. The molecule has 0 saturated heterocycles. The Balaban J connectivity index is 2.24. The molecule has 0 aliphatic carbocycles. The maximum absolute atomic E-state index is 12.1. The highest BCUT2D eigenvalue weighted by Crippen LogP contribution is 2.30. The smallest absolute Gasteiger partial charge is 0.338 e. The summed E-state index contributed by atoms with van der Waals surface area (Å²) in [4.78, 5) is 22.6. The van der Waals surface area contributed by atoms with E-state index in [1.165, 1.54) is 19.2 Å². The number of methoxy groups -OCH3 is 1. The second kappa shape index (κ2) is 5.88. The maximum atomic E-state index is 12.1. The van der Waals surface area contributed by atoms with E-state index < -0.39 is 10.9 Å². The lowest BCUT2D eigenvalue weighted by Gasteiger charge is -2.09. The van der Waals surface area contributed by atoms with Gasteiger partial charge in [0.05, 0.1) is 17.6 Å². The van der Waals surface area contributed by atoms with Crippen LogP contribution in [0.1, 0.15) is 10.4 Å². The number of ether oxygens (including phenoxy) is 1. The van der Waals surface area contributed by atoms with Gasteiger partial charge in [-0.25, -0.2) is 4.79 Å². The predicted molar refractivity (Wildman–Crippen MR) is 87.4 cm³/mol. The average molecular weight is 307 g/mol. The molecular weight excluding hydrogens is 294 g/mol. The van der Waals surface area contributed by atoms with E-state index in [0.717, 1.165) is 16.3 Å². The van der Waals surface area contributed by atoms with E-state index in [1.54, 1.807) is 18.2 Å². The summed E-state index contributed by atoms with van der Waals surface area (Å²) in [7, 11) is 1.33. The van der Waals surface area contributed by atoms with Crippen LogP contribution >= 0.6 is 0 Å². The third-order valence-electron chi connectivity index (χ3n) is 3.66. The quantitative estimate of drug-likeness (QED) is 0.413. The number of rotatable bonds is 3. The Labute approximate surface area is 132 Å². The van der Waals surface area contributed by atoms with Crippen LogP contribution in [0.3, 0.4) is 0 Å². The average Bonchev–Trinajstić information content (AvgIpc) is 2.60. The van der Waals surface area contributed by atoms with Crippen molar-refractivity contribution in [3.63, 3.8) is 0 Å². The number of hydrogen-bond donors (Lipinski definition) is 0.